The summed E-state index contributed by atoms with van der Waals surface area (Å²) in [7, 11) is 0. The van der Waals surface area contributed by atoms with Gasteiger partial charge in [-0.05, 0) is 67.4 Å². The molecule has 0 atom stereocenters. The highest BCUT2D eigenvalue weighted by atomic mass is 32.2. The Hall–Kier alpha value is -4.24. The van der Waals surface area contributed by atoms with Gasteiger partial charge in [-0.2, -0.15) is 5.10 Å². The molecule has 4 aromatic rings. The number of rotatable bonds is 18. The SMILES string of the molecule is CCCCCCCCCCCc1nnc(SCC(=O)N/N=C/c2ccc(OC(=O)c3ccc(C)cc3)cc2)n1-c1ccccc1. The second-order valence-corrected chi connectivity index (χ2v) is 12.0. The molecule has 0 fully saturated rings. The first-order valence-corrected chi connectivity index (χ1v) is 16.9. The quantitative estimate of drug-likeness (QED) is 0.0300. The van der Waals surface area contributed by atoms with Crippen molar-refractivity contribution in [2.75, 3.05) is 5.75 Å². The van der Waals surface area contributed by atoms with Gasteiger partial charge < -0.3 is 4.74 Å². The highest BCUT2D eigenvalue weighted by Gasteiger charge is 2.16. The van der Waals surface area contributed by atoms with Gasteiger partial charge in [0.15, 0.2) is 5.16 Å². The molecule has 4 rings (SSSR count). The number of amides is 1. The van der Waals surface area contributed by atoms with E-state index in [9.17, 15) is 9.59 Å². The van der Waals surface area contributed by atoms with Crippen molar-refractivity contribution in [3.63, 3.8) is 0 Å². The minimum atomic E-state index is -0.417. The van der Waals surface area contributed by atoms with Crippen LogP contribution in [0.25, 0.3) is 5.69 Å². The molecule has 0 spiro atoms. The average Bonchev–Trinajstić information content (AvgIpc) is 3.47. The van der Waals surface area contributed by atoms with Crippen LogP contribution in [0.4, 0.5) is 0 Å². The zero-order chi connectivity index (χ0) is 31.7. The van der Waals surface area contributed by atoms with Crippen molar-refractivity contribution < 1.29 is 14.3 Å². The van der Waals surface area contributed by atoms with Gasteiger partial charge >= 0.3 is 5.97 Å². The molecule has 0 radical (unpaired) electrons. The lowest BCUT2D eigenvalue weighted by Gasteiger charge is -2.10. The van der Waals surface area contributed by atoms with Crippen LogP contribution in [0.1, 0.15) is 92.0 Å². The molecule has 1 aromatic heterocycles. The Kier molecular flexibility index (Phi) is 13.9. The summed E-state index contributed by atoms with van der Waals surface area (Å²) >= 11 is 1.34. The number of esters is 1. The Morgan fingerprint density at radius 1 is 0.844 bits per heavy atom. The van der Waals surface area contributed by atoms with E-state index in [-0.39, 0.29) is 11.7 Å². The maximum atomic E-state index is 12.6. The number of nitrogens with zero attached hydrogens (tertiary/aromatic N) is 4. The van der Waals surface area contributed by atoms with E-state index in [1.165, 1.54) is 63.1 Å². The molecule has 9 heteroatoms. The summed E-state index contributed by atoms with van der Waals surface area (Å²) in [6.45, 7) is 4.21. The van der Waals surface area contributed by atoms with Crippen molar-refractivity contribution in [3.05, 3.63) is 101 Å². The van der Waals surface area contributed by atoms with Gasteiger partial charge in [-0.3, -0.25) is 9.36 Å². The van der Waals surface area contributed by atoms with E-state index >= 15 is 0 Å². The van der Waals surface area contributed by atoms with Crippen LogP contribution in [-0.2, 0) is 11.2 Å². The number of hydrazone groups is 1. The molecule has 0 unspecified atom stereocenters. The largest absolute Gasteiger partial charge is 0.423 e. The van der Waals surface area contributed by atoms with Gasteiger partial charge in [-0.15, -0.1) is 10.2 Å². The number of aryl methyl sites for hydroxylation is 2. The molecule has 0 saturated heterocycles. The molecule has 236 valence electrons. The van der Waals surface area contributed by atoms with Gasteiger partial charge in [0.2, 0.25) is 0 Å². The number of carbonyl (C=O) groups excluding carboxylic acids is 2. The Bertz CT molecular complexity index is 1500. The molecule has 0 aliphatic rings. The lowest BCUT2D eigenvalue weighted by Crippen LogP contribution is -2.20. The second-order valence-electron chi connectivity index (χ2n) is 11.1. The Labute approximate surface area is 270 Å². The van der Waals surface area contributed by atoms with E-state index < -0.39 is 5.97 Å². The zero-order valence-corrected chi connectivity index (χ0v) is 27.1. The van der Waals surface area contributed by atoms with Gasteiger partial charge in [0.05, 0.1) is 17.5 Å². The van der Waals surface area contributed by atoms with Crippen molar-refractivity contribution in [2.45, 2.75) is 83.2 Å². The van der Waals surface area contributed by atoms with E-state index in [0.29, 0.717) is 16.5 Å². The number of hydrogen-bond acceptors (Lipinski definition) is 7. The topological polar surface area (TPSA) is 98.5 Å². The number of aromatic nitrogens is 3. The fourth-order valence-corrected chi connectivity index (χ4v) is 5.57. The average molecular weight is 626 g/mol. The van der Waals surface area contributed by atoms with Crippen LogP contribution in [0.5, 0.6) is 5.75 Å². The molecule has 1 heterocycles. The van der Waals surface area contributed by atoms with Crippen LogP contribution in [0, 0.1) is 6.92 Å². The molecule has 0 aliphatic heterocycles. The highest BCUT2D eigenvalue weighted by molar-refractivity contribution is 7.99. The van der Waals surface area contributed by atoms with Crippen LogP contribution in [0.2, 0.25) is 0 Å². The van der Waals surface area contributed by atoms with E-state index in [2.05, 4.69) is 32.2 Å². The molecular formula is C36H43N5O3S. The minimum absolute atomic E-state index is 0.147. The summed E-state index contributed by atoms with van der Waals surface area (Å²) in [5.74, 6) is 0.827. The smallest absolute Gasteiger partial charge is 0.343 e. The van der Waals surface area contributed by atoms with Crippen LogP contribution in [0.3, 0.4) is 0 Å². The number of unbranched alkanes of at least 4 members (excludes halogenated alkanes) is 8. The van der Waals surface area contributed by atoms with Gasteiger partial charge in [-0.1, -0.05) is 106 Å². The van der Waals surface area contributed by atoms with Crippen molar-refractivity contribution in [3.8, 4) is 11.4 Å². The summed E-state index contributed by atoms with van der Waals surface area (Å²) in [4.78, 5) is 24.9. The second kappa shape index (κ2) is 18.5. The molecule has 3 aromatic carbocycles. The standard InChI is InChI=1S/C36H43N5O3S/c1-3-4-5-6-7-8-9-10-14-17-33-38-40-36(41(33)31-15-12-11-13-16-31)45-27-34(42)39-37-26-29-20-24-32(25-21-29)44-35(43)30-22-18-28(2)19-23-30/h11-13,15-16,18-26H,3-10,14,17,27H2,1-2H3,(H,39,42)/b37-26+. The molecule has 0 saturated carbocycles. The monoisotopic (exact) mass is 625 g/mol. The predicted molar refractivity (Wildman–Crippen MR) is 181 cm³/mol. The van der Waals surface area contributed by atoms with Gasteiger partial charge in [0.1, 0.15) is 11.6 Å². The first-order valence-electron chi connectivity index (χ1n) is 15.9. The summed E-state index contributed by atoms with van der Waals surface area (Å²) in [5.41, 5.74) is 5.88. The van der Waals surface area contributed by atoms with Crippen molar-refractivity contribution >= 4 is 29.9 Å². The van der Waals surface area contributed by atoms with Gasteiger partial charge in [0.25, 0.3) is 5.91 Å². The first kappa shape index (κ1) is 33.6. The zero-order valence-electron chi connectivity index (χ0n) is 26.3. The van der Waals surface area contributed by atoms with Gasteiger partial charge in [0, 0.05) is 12.1 Å². The van der Waals surface area contributed by atoms with Crippen LogP contribution < -0.4 is 10.2 Å². The molecule has 0 aliphatic carbocycles. The molecule has 45 heavy (non-hydrogen) atoms. The lowest BCUT2D eigenvalue weighted by molar-refractivity contribution is -0.118. The third-order valence-corrected chi connectivity index (χ3v) is 8.26. The molecule has 0 bridgehead atoms. The maximum Gasteiger partial charge on any atom is 0.343 e. The van der Waals surface area contributed by atoms with E-state index in [0.717, 1.165) is 35.5 Å². The number of ether oxygens (including phenoxy) is 1. The number of thioether (sulfide) groups is 1. The van der Waals surface area contributed by atoms with Crippen molar-refractivity contribution in [2.24, 2.45) is 5.10 Å². The van der Waals surface area contributed by atoms with Crippen LogP contribution in [-0.4, -0.2) is 38.6 Å². The minimum Gasteiger partial charge on any atom is -0.423 e. The molecule has 1 amide bonds. The fraction of sp³-hybridized carbons (Fsp3) is 0.361. The molecule has 8 nitrogen and oxygen atoms in total. The van der Waals surface area contributed by atoms with Crippen LogP contribution in [0.15, 0.2) is 89.1 Å². The summed E-state index contributed by atoms with van der Waals surface area (Å²) in [6.07, 6.45) is 13.8. The number of benzene rings is 3. The van der Waals surface area contributed by atoms with E-state index in [1.54, 1.807) is 42.6 Å². The number of carbonyl (C=O) groups is 2. The lowest BCUT2D eigenvalue weighted by atomic mass is 10.1. The Balaban J connectivity index is 1.24. The summed E-state index contributed by atoms with van der Waals surface area (Å²) in [6, 6.07) is 24.2. The highest BCUT2D eigenvalue weighted by Crippen LogP contribution is 2.23. The first-order chi connectivity index (χ1) is 22.0. The third kappa shape index (κ3) is 11.3. The van der Waals surface area contributed by atoms with Crippen LogP contribution >= 0.6 is 11.8 Å². The normalized spacial score (nSPS) is 11.2. The molecule has 1 N–H and O–H groups in total. The van der Waals surface area contributed by atoms with Crippen molar-refractivity contribution in [1.29, 1.82) is 0 Å². The maximum absolute atomic E-state index is 12.6. The van der Waals surface area contributed by atoms with Crippen molar-refractivity contribution in [1.82, 2.24) is 20.2 Å². The molecular weight excluding hydrogens is 582 g/mol. The number of hydrogen-bond donors (Lipinski definition) is 1. The summed E-state index contributed by atoms with van der Waals surface area (Å²) in [5, 5.41) is 13.7. The van der Waals surface area contributed by atoms with E-state index in [4.69, 9.17) is 4.74 Å². The Morgan fingerprint density at radius 3 is 2.20 bits per heavy atom. The van der Waals surface area contributed by atoms with E-state index in [1.807, 2.05) is 49.4 Å². The fourth-order valence-electron chi connectivity index (χ4n) is 4.80. The number of para-hydroxylation sites is 1. The third-order valence-electron chi connectivity index (χ3n) is 7.33. The predicted octanol–water partition coefficient (Wildman–Crippen LogP) is 8.11. The number of nitrogens with one attached hydrogen (secondary N) is 1. The van der Waals surface area contributed by atoms with Gasteiger partial charge in [-0.25, -0.2) is 10.2 Å². The summed E-state index contributed by atoms with van der Waals surface area (Å²) < 4.78 is 7.49. The Morgan fingerprint density at radius 2 is 1.51 bits per heavy atom.